The molecule has 0 saturated heterocycles. The molecule has 0 fully saturated rings. The van der Waals surface area contributed by atoms with Crippen molar-refractivity contribution in [3.63, 3.8) is 0 Å². The van der Waals surface area contributed by atoms with Gasteiger partial charge in [0.2, 0.25) is 0 Å². The van der Waals surface area contributed by atoms with Crippen LogP contribution in [0.5, 0.6) is 0 Å². The molecule has 7 heteroatoms. The molecule has 0 unspecified atom stereocenters. The van der Waals surface area contributed by atoms with Crippen LogP contribution in [0.3, 0.4) is 0 Å². The van der Waals surface area contributed by atoms with Crippen molar-refractivity contribution < 1.29 is 17.9 Å². The molecule has 156 valence electrons. The lowest BCUT2D eigenvalue weighted by Gasteiger charge is -2.28. The first-order valence-corrected chi connectivity index (χ1v) is 11.1. The van der Waals surface area contributed by atoms with Crippen molar-refractivity contribution in [1.29, 1.82) is 0 Å². The summed E-state index contributed by atoms with van der Waals surface area (Å²) in [5.41, 5.74) is 7.18. The fourth-order valence-electron chi connectivity index (χ4n) is 3.98. The first kappa shape index (κ1) is 21.2. The van der Waals surface area contributed by atoms with E-state index in [1.165, 1.54) is 7.11 Å². The number of hydrogen-bond donors (Lipinski definition) is 1. The summed E-state index contributed by atoms with van der Waals surface area (Å²) in [5, 5.41) is 0. The molecule has 2 aromatic carbocycles. The van der Waals surface area contributed by atoms with Crippen LogP contribution in [0, 0.1) is 34.6 Å². The molecule has 0 aromatic heterocycles. The van der Waals surface area contributed by atoms with Crippen molar-refractivity contribution in [2.75, 3.05) is 18.4 Å². The standard InChI is InChI=1S/C22H28N2O4S/c1-13-14(2)16(4)21(17(5)15(13)3)29(26,27)23-20-8-7-18-9-10-24(22(25)28-6)12-19(18)11-20/h7-8,11,23H,9-10,12H2,1-6H3. The second kappa shape index (κ2) is 7.71. The van der Waals surface area contributed by atoms with E-state index in [4.69, 9.17) is 4.74 Å². The summed E-state index contributed by atoms with van der Waals surface area (Å²) < 4.78 is 34.0. The zero-order valence-electron chi connectivity index (χ0n) is 17.8. The third-order valence-corrected chi connectivity index (χ3v) is 7.76. The highest BCUT2D eigenvalue weighted by Crippen LogP contribution is 2.31. The minimum atomic E-state index is -3.75. The van der Waals surface area contributed by atoms with Gasteiger partial charge in [0.05, 0.1) is 12.0 Å². The van der Waals surface area contributed by atoms with Crippen molar-refractivity contribution in [2.45, 2.75) is 52.5 Å². The Morgan fingerprint density at radius 2 is 1.55 bits per heavy atom. The summed E-state index contributed by atoms with van der Waals surface area (Å²) >= 11 is 0. The van der Waals surface area contributed by atoms with Gasteiger partial charge in [-0.1, -0.05) is 6.07 Å². The van der Waals surface area contributed by atoms with Crippen LogP contribution in [0.1, 0.15) is 38.9 Å². The van der Waals surface area contributed by atoms with E-state index >= 15 is 0 Å². The lowest BCUT2D eigenvalue weighted by molar-refractivity contribution is 0.118. The first-order chi connectivity index (χ1) is 13.6. The summed E-state index contributed by atoms with van der Waals surface area (Å²) in [6.45, 7) is 10.6. The molecule has 0 spiro atoms. The Morgan fingerprint density at radius 1 is 0.966 bits per heavy atom. The van der Waals surface area contributed by atoms with Gasteiger partial charge in [-0.05, 0) is 92.1 Å². The van der Waals surface area contributed by atoms with Crippen LogP contribution >= 0.6 is 0 Å². The molecule has 29 heavy (non-hydrogen) atoms. The van der Waals surface area contributed by atoms with Crippen molar-refractivity contribution >= 4 is 21.8 Å². The molecule has 1 aliphatic rings. The number of rotatable bonds is 3. The van der Waals surface area contributed by atoms with E-state index in [1.807, 2.05) is 40.7 Å². The van der Waals surface area contributed by atoms with E-state index in [2.05, 4.69) is 4.72 Å². The molecule has 0 radical (unpaired) electrons. The average Bonchev–Trinajstić information content (AvgIpc) is 2.69. The van der Waals surface area contributed by atoms with Crippen LogP contribution in [-0.2, 0) is 27.7 Å². The predicted molar refractivity (Wildman–Crippen MR) is 114 cm³/mol. The summed E-state index contributed by atoms with van der Waals surface area (Å²) in [7, 11) is -2.39. The van der Waals surface area contributed by atoms with Crippen molar-refractivity contribution in [2.24, 2.45) is 0 Å². The number of carbonyl (C=O) groups is 1. The Labute approximate surface area is 172 Å². The Morgan fingerprint density at radius 3 is 2.14 bits per heavy atom. The highest BCUT2D eigenvalue weighted by Gasteiger charge is 2.25. The molecule has 6 nitrogen and oxygen atoms in total. The zero-order chi connectivity index (χ0) is 21.5. The number of sulfonamides is 1. The Balaban J connectivity index is 1.96. The molecule has 0 bridgehead atoms. The second-order valence-corrected chi connectivity index (χ2v) is 9.30. The zero-order valence-corrected chi connectivity index (χ0v) is 18.7. The number of nitrogens with one attached hydrogen (secondary N) is 1. The van der Waals surface area contributed by atoms with Gasteiger partial charge in [-0.3, -0.25) is 4.72 Å². The van der Waals surface area contributed by atoms with E-state index < -0.39 is 10.0 Å². The molecule has 3 rings (SSSR count). The quantitative estimate of drug-likeness (QED) is 0.815. The van der Waals surface area contributed by atoms with Gasteiger partial charge in [0.1, 0.15) is 0 Å². The van der Waals surface area contributed by atoms with Crippen LogP contribution in [0.25, 0.3) is 0 Å². The minimum Gasteiger partial charge on any atom is -0.453 e. The fourth-order valence-corrected chi connectivity index (χ4v) is 5.63. The van der Waals surface area contributed by atoms with Crippen LogP contribution in [-0.4, -0.2) is 33.1 Å². The lowest BCUT2D eigenvalue weighted by atomic mass is 9.95. The van der Waals surface area contributed by atoms with Gasteiger partial charge in [-0.2, -0.15) is 0 Å². The molecule has 1 N–H and O–H groups in total. The van der Waals surface area contributed by atoms with Crippen LogP contribution in [0.4, 0.5) is 10.5 Å². The number of fused-ring (bicyclic) bond motifs is 1. The maximum Gasteiger partial charge on any atom is 0.409 e. The molecular weight excluding hydrogens is 388 g/mol. The van der Waals surface area contributed by atoms with E-state index in [-0.39, 0.29) is 6.09 Å². The third kappa shape index (κ3) is 3.83. The normalized spacial score (nSPS) is 13.8. The number of nitrogens with zero attached hydrogens (tertiary/aromatic N) is 1. The van der Waals surface area contributed by atoms with Gasteiger partial charge in [0.25, 0.3) is 10.0 Å². The number of benzene rings is 2. The Kier molecular flexibility index (Phi) is 5.63. The Bertz CT molecular complexity index is 1060. The molecule has 0 atom stereocenters. The predicted octanol–water partition coefficient (Wildman–Crippen LogP) is 4.15. The summed E-state index contributed by atoms with van der Waals surface area (Å²) in [4.78, 5) is 13.8. The van der Waals surface area contributed by atoms with Crippen LogP contribution in [0.2, 0.25) is 0 Å². The lowest BCUT2D eigenvalue weighted by Crippen LogP contribution is -2.35. The van der Waals surface area contributed by atoms with Crippen molar-refractivity contribution in [3.8, 4) is 0 Å². The number of ether oxygens (including phenoxy) is 1. The average molecular weight is 417 g/mol. The molecule has 2 aromatic rings. The largest absolute Gasteiger partial charge is 0.453 e. The molecule has 0 saturated carbocycles. The SMILES string of the molecule is COC(=O)N1CCc2ccc(NS(=O)(=O)c3c(C)c(C)c(C)c(C)c3C)cc2C1. The highest BCUT2D eigenvalue weighted by molar-refractivity contribution is 7.92. The monoisotopic (exact) mass is 416 g/mol. The van der Waals surface area contributed by atoms with E-state index in [0.717, 1.165) is 38.9 Å². The summed E-state index contributed by atoms with van der Waals surface area (Å²) in [6, 6.07) is 5.51. The van der Waals surface area contributed by atoms with Gasteiger partial charge in [0, 0.05) is 18.8 Å². The molecule has 0 aliphatic carbocycles. The van der Waals surface area contributed by atoms with Gasteiger partial charge >= 0.3 is 6.09 Å². The topological polar surface area (TPSA) is 75.7 Å². The van der Waals surface area contributed by atoms with E-state index in [1.54, 1.807) is 17.0 Å². The third-order valence-electron chi connectivity index (χ3n) is 6.10. The fraction of sp³-hybridized carbons (Fsp3) is 0.409. The molecule has 1 amide bonds. The Hall–Kier alpha value is -2.54. The van der Waals surface area contributed by atoms with Crippen LogP contribution < -0.4 is 4.72 Å². The molecular formula is C22H28N2O4S. The first-order valence-electron chi connectivity index (χ1n) is 9.61. The van der Waals surface area contributed by atoms with Crippen molar-refractivity contribution in [3.05, 3.63) is 57.1 Å². The number of anilines is 1. The molecule has 1 aliphatic heterocycles. The second-order valence-electron chi connectivity index (χ2n) is 7.68. The number of hydrogen-bond acceptors (Lipinski definition) is 4. The summed E-state index contributed by atoms with van der Waals surface area (Å²) in [5.74, 6) is 0. The van der Waals surface area contributed by atoms with Gasteiger partial charge in [-0.25, -0.2) is 13.2 Å². The van der Waals surface area contributed by atoms with Crippen molar-refractivity contribution in [1.82, 2.24) is 4.90 Å². The van der Waals surface area contributed by atoms with Crippen LogP contribution in [0.15, 0.2) is 23.1 Å². The number of methoxy groups -OCH3 is 1. The highest BCUT2D eigenvalue weighted by atomic mass is 32.2. The smallest absolute Gasteiger partial charge is 0.409 e. The summed E-state index contributed by atoms with van der Waals surface area (Å²) in [6.07, 6.45) is 0.338. The maximum atomic E-state index is 13.3. The minimum absolute atomic E-state index is 0.340. The van der Waals surface area contributed by atoms with Gasteiger partial charge in [-0.15, -0.1) is 0 Å². The van der Waals surface area contributed by atoms with Gasteiger partial charge in [0.15, 0.2) is 0 Å². The maximum absolute atomic E-state index is 13.3. The number of carbonyl (C=O) groups excluding carboxylic acids is 1. The van der Waals surface area contributed by atoms with E-state index in [9.17, 15) is 13.2 Å². The number of amides is 1. The molecule has 1 heterocycles. The van der Waals surface area contributed by atoms with E-state index in [0.29, 0.717) is 30.1 Å². The van der Waals surface area contributed by atoms with Gasteiger partial charge < -0.3 is 9.64 Å².